The van der Waals surface area contributed by atoms with E-state index in [1.807, 2.05) is 13.8 Å². The van der Waals surface area contributed by atoms with Crippen LogP contribution in [0, 0.1) is 0 Å². The zero-order valence-corrected chi connectivity index (χ0v) is 11.6. The fourth-order valence-electron chi connectivity index (χ4n) is 1.92. The van der Waals surface area contributed by atoms with E-state index in [1.165, 1.54) is 6.33 Å². The van der Waals surface area contributed by atoms with Crippen LogP contribution in [0.3, 0.4) is 0 Å². The topological polar surface area (TPSA) is 51.0 Å². The molecule has 0 N–H and O–H groups in total. The minimum atomic E-state index is -0.0962. The highest BCUT2D eigenvalue weighted by Crippen LogP contribution is 2.24. The molecule has 6 heteroatoms. The Bertz CT molecular complexity index is 564. The fraction of sp³-hybridized carbons (Fsp3) is 0.308. The average molecular weight is 279 g/mol. The second-order valence-electron chi connectivity index (χ2n) is 3.95. The third kappa shape index (κ3) is 2.61. The van der Waals surface area contributed by atoms with Gasteiger partial charge in [-0.25, -0.2) is 9.67 Å². The number of hydrogen-bond donors (Lipinski definition) is 0. The first-order chi connectivity index (χ1) is 9.19. The summed E-state index contributed by atoms with van der Waals surface area (Å²) >= 11 is 6.19. The van der Waals surface area contributed by atoms with Gasteiger partial charge in [0.2, 0.25) is 0 Å². The number of rotatable bonds is 4. The Morgan fingerprint density at radius 2 is 2.11 bits per heavy atom. The minimum absolute atomic E-state index is 0.0962. The van der Waals surface area contributed by atoms with Crippen molar-refractivity contribution in [3.05, 3.63) is 41.4 Å². The van der Waals surface area contributed by atoms with Gasteiger partial charge in [-0.3, -0.25) is 4.79 Å². The van der Waals surface area contributed by atoms with Crippen LogP contribution in [0.4, 0.5) is 0 Å². The number of benzene rings is 1. The van der Waals surface area contributed by atoms with Gasteiger partial charge in [-0.05, 0) is 26.0 Å². The van der Waals surface area contributed by atoms with E-state index in [1.54, 1.807) is 34.1 Å². The standard InChI is InChI=1S/C13H15ClN4O/c1-3-17(4-2)13(19)12-10(14)6-5-7-11(12)18-9-15-8-16-18/h5-9H,3-4H2,1-2H3. The smallest absolute Gasteiger partial charge is 0.257 e. The van der Waals surface area contributed by atoms with Gasteiger partial charge in [0.05, 0.1) is 16.3 Å². The summed E-state index contributed by atoms with van der Waals surface area (Å²) in [4.78, 5) is 18.1. The maximum absolute atomic E-state index is 12.5. The van der Waals surface area contributed by atoms with Crippen LogP contribution in [0.25, 0.3) is 5.69 Å². The van der Waals surface area contributed by atoms with Crippen LogP contribution in [0.2, 0.25) is 5.02 Å². The largest absolute Gasteiger partial charge is 0.339 e. The van der Waals surface area contributed by atoms with E-state index in [4.69, 9.17) is 11.6 Å². The Labute approximate surface area is 116 Å². The normalized spacial score (nSPS) is 10.5. The molecule has 0 fully saturated rings. The molecule has 19 heavy (non-hydrogen) atoms. The Hall–Kier alpha value is -1.88. The van der Waals surface area contributed by atoms with Crippen LogP contribution in [0.5, 0.6) is 0 Å². The van der Waals surface area contributed by atoms with Crippen LogP contribution in [-0.4, -0.2) is 38.7 Å². The quantitative estimate of drug-likeness (QED) is 0.863. The molecule has 0 aliphatic carbocycles. The summed E-state index contributed by atoms with van der Waals surface area (Å²) in [6.07, 6.45) is 2.97. The molecule has 1 amide bonds. The lowest BCUT2D eigenvalue weighted by Gasteiger charge is -2.21. The van der Waals surface area contributed by atoms with Crippen molar-refractivity contribution in [2.24, 2.45) is 0 Å². The van der Waals surface area contributed by atoms with E-state index in [2.05, 4.69) is 10.1 Å². The number of aromatic nitrogens is 3. The van der Waals surface area contributed by atoms with Crippen LogP contribution < -0.4 is 0 Å². The molecule has 5 nitrogen and oxygen atoms in total. The summed E-state index contributed by atoms with van der Waals surface area (Å²) in [5.74, 6) is -0.0962. The monoisotopic (exact) mass is 278 g/mol. The van der Waals surface area contributed by atoms with Gasteiger partial charge < -0.3 is 4.90 Å². The van der Waals surface area contributed by atoms with Crippen molar-refractivity contribution in [2.75, 3.05) is 13.1 Å². The van der Waals surface area contributed by atoms with Gasteiger partial charge >= 0.3 is 0 Å². The number of halogens is 1. The highest BCUT2D eigenvalue weighted by atomic mass is 35.5. The Morgan fingerprint density at radius 3 is 2.68 bits per heavy atom. The lowest BCUT2D eigenvalue weighted by atomic mass is 10.1. The molecule has 2 rings (SSSR count). The first-order valence-electron chi connectivity index (χ1n) is 6.11. The summed E-state index contributed by atoms with van der Waals surface area (Å²) in [6.45, 7) is 5.15. The predicted octanol–water partition coefficient (Wildman–Crippen LogP) is 2.40. The van der Waals surface area contributed by atoms with E-state index in [9.17, 15) is 4.79 Å². The second-order valence-corrected chi connectivity index (χ2v) is 4.36. The molecule has 0 radical (unpaired) electrons. The molecule has 0 saturated carbocycles. The van der Waals surface area contributed by atoms with E-state index >= 15 is 0 Å². The minimum Gasteiger partial charge on any atom is -0.339 e. The summed E-state index contributed by atoms with van der Waals surface area (Å²) in [7, 11) is 0. The molecule has 2 aromatic rings. The van der Waals surface area contributed by atoms with E-state index in [-0.39, 0.29) is 5.91 Å². The molecular formula is C13H15ClN4O. The molecular weight excluding hydrogens is 264 g/mol. The van der Waals surface area contributed by atoms with Gasteiger partial charge in [-0.1, -0.05) is 17.7 Å². The average Bonchev–Trinajstić information content (AvgIpc) is 2.93. The molecule has 1 aromatic heterocycles. The van der Waals surface area contributed by atoms with Gasteiger partial charge in [0.1, 0.15) is 12.7 Å². The van der Waals surface area contributed by atoms with E-state index < -0.39 is 0 Å². The van der Waals surface area contributed by atoms with Crippen molar-refractivity contribution in [1.82, 2.24) is 19.7 Å². The first-order valence-corrected chi connectivity index (χ1v) is 6.49. The van der Waals surface area contributed by atoms with Crippen molar-refractivity contribution in [2.45, 2.75) is 13.8 Å². The van der Waals surface area contributed by atoms with Crippen LogP contribution >= 0.6 is 11.6 Å². The molecule has 0 saturated heterocycles. The summed E-state index contributed by atoms with van der Waals surface area (Å²) < 4.78 is 1.54. The van der Waals surface area contributed by atoms with Crippen LogP contribution in [0.15, 0.2) is 30.9 Å². The van der Waals surface area contributed by atoms with Gasteiger partial charge in [0.15, 0.2) is 0 Å². The van der Waals surface area contributed by atoms with Crippen LogP contribution in [-0.2, 0) is 0 Å². The van der Waals surface area contributed by atoms with Gasteiger partial charge in [-0.15, -0.1) is 0 Å². The highest BCUT2D eigenvalue weighted by Gasteiger charge is 2.20. The van der Waals surface area contributed by atoms with E-state index in [0.29, 0.717) is 29.4 Å². The maximum Gasteiger partial charge on any atom is 0.257 e. The number of hydrogen-bond acceptors (Lipinski definition) is 3. The van der Waals surface area contributed by atoms with E-state index in [0.717, 1.165) is 0 Å². The van der Waals surface area contributed by atoms with Gasteiger partial charge in [0, 0.05) is 13.1 Å². The highest BCUT2D eigenvalue weighted by molar-refractivity contribution is 6.34. The zero-order valence-electron chi connectivity index (χ0n) is 10.9. The number of nitrogens with zero attached hydrogens (tertiary/aromatic N) is 4. The second kappa shape index (κ2) is 5.84. The van der Waals surface area contributed by atoms with Crippen molar-refractivity contribution >= 4 is 17.5 Å². The Kier molecular flexibility index (Phi) is 4.16. The molecule has 0 spiro atoms. The number of carbonyl (C=O) groups excluding carboxylic acids is 1. The molecule has 100 valence electrons. The molecule has 1 aromatic carbocycles. The predicted molar refractivity (Wildman–Crippen MR) is 73.6 cm³/mol. The molecule has 1 heterocycles. The number of carbonyl (C=O) groups is 1. The lowest BCUT2D eigenvalue weighted by molar-refractivity contribution is 0.0773. The first kappa shape index (κ1) is 13.5. The zero-order chi connectivity index (χ0) is 13.8. The third-order valence-corrected chi connectivity index (χ3v) is 3.24. The van der Waals surface area contributed by atoms with Crippen molar-refractivity contribution in [3.63, 3.8) is 0 Å². The molecule has 0 bridgehead atoms. The maximum atomic E-state index is 12.5. The SMILES string of the molecule is CCN(CC)C(=O)c1c(Cl)cccc1-n1cncn1. The lowest BCUT2D eigenvalue weighted by Crippen LogP contribution is -2.31. The van der Waals surface area contributed by atoms with Gasteiger partial charge in [0.25, 0.3) is 5.91 Å². The van der Waals surface area contributed by atoms with Crippen molar-refractivity contribution in [1.29, 1.82) is 0 Å². The number of amides is 1. The molecule has 0 aliphatic rings. The summed E-state index contributed by atoms with van der Waals surface area (Å²) in [6, 6.07) is 5.30. The Morgan fingerprint density at radius 1 is 1.37 bits per heavy atom. The fourth-order valence-corrected chi connectivity index (χ4v) is 2.17. The molecule has 0 aliphatic heterocycles. The third-order valence-electron chi connectivity index (χ3n) is 2.92. The molecule has 0 atom stereocenters. The molecule has 0 unspecified atom stereocenters. The Balaban J connectivity index is 2.53. The van der Waals surface area contributed by atoms with Crippen molar-refractivity contribution in [3.8, 4) is 5.69 Å². The summed E-state index contributed by atoms with van der Waals surface area (Å²) in [5.41, 5.74) is 1.10. The van der Waals surface area contributed by atoms with Gasteiger partial charge in [-0.2, -0.15) is 5.10 Å². The van der Waals surface area contributed by atoms with Crippen LogP contribution in [0.1, 0.15) is 24.2 Å². The van der Waals surface area contributed by atoms with Crippen molar-refractivity contribution < 1.29 is 4.79 Å². The summed E-state index contributed by atoms with van der Waals surface area (Å²) in [5, 5.41) is 4.48.